The van der Waals surface area contributed by atoms with Gasteiger partial charge in [-0.15, -0.1) is 0 Å². The molecule has 7 heavy (non-hydrogen) atoms. The first-order valence-corrected chi connectivity index (χ1v) is 3.29. The van der Waals surface area contributed by atoms with Crippen molar-refractivity contribution in [1.29, 1.82) is 0 Å². The van der Waals surface area contributed by atoms with Crippen LogP contribution in [-0.2, 0) is 0 Å². The lowest BCUT2D eigenvalue weighted by Gasteiger charge is -2.34. The van der Waals surface area contributed by atoms with Crippen molar-refractivity contribution in [2.75, 3.05) is 0 Å². The second-order valence-corrected chi connectivity index (χ2v) is 3.62. The van der Waals surface area contributed by atoms with E-state index in [4.69, 9.17) is 0 Å². The minimum absolute atomic E-state index is 0.838. The lowest BCUT2D eigenvalue weighted by molar-refractivity contribution is 0.171. The van der Waals surface area contributed by atoms with Gasteiger partial charge in [0.1, 0.15) is 0 Å². The average Bonchev–Trinajstić information content (AvgIpc) is 1.88. The largest absolute Gasteiger partial charge is 0.0596 e. The van der Waals surface area contributed by atoms with Crippen LogP contribution in [0.15, 0.2) is 0 Å². The summed E-state index contributed by atoms with van der Waals surface area (Å²) in [5, 5.41) is 0. The highest BCUT2D eigenvalue weighted by Gasteiger charge is 2.46. The standard InChI is InChI=1S/C7H12/c1-7-3-2-6(4-7)5-7/h6H,2-5H2,1H3. The molecule has 0 radical (unpaired) electrons. The third-order valence-electron chi connectivity index (χ3n) is 2.72. The first kappa shape index (κ1) is 3.94. The Bertz CT molecular complexity index is 82.7. The fourth-order valence-corrected chi connectivity index (χ4v) is 2.29. The third-order valence-corrected chi connectivity index (χ3v) is 2.72. The molecule has 3 aliphatic rings. The van der Waals surface area contributed by atoms with Crippen molar-refractivity contribution in [3.63, 3.8) is 0 Å². The maximum absolute atomic E-state index is 2.43. The Labute approximate surface area is 44.9 Å². The molecule has 2 bridgehead atoms. The minimum Gasteiger partial charge on any atom is -0.0596 e. The van der Waals surface area contributed by atoms with Crippen LogP contribution in [-0.4, -0.2) is 0 Å². The molecular weight excluding hydrogens is 84.1 g/mol. The normalized spacial score (nSPS) is 57.0. The molecule has 0 spiro atoms. The molecule has 0 aromatic rings. The van der Waals surface area contributed by atoms with Gasteiger partial charge in [-0.25, -0.2) is 0 Å². The predicted octanol–water partition coefficient (Wildman–Crippen LogP) is 2.20. The van der Waals surface area contributed by atoms with E-state index < -0.39 is 0 Å². The maximum atomic E-state index is 2.43. The second kappa shape index (κ2) is 0.888. The first-order chi connectivity index (χ1) is 3.29. The van der Waals surface area contributed by atoms with Gasteiger partial charge in [0.2, 0.25) is 0 Å². The van der Waals surface area contributed by atoms with Gasteiger partial charge in [-0.05, 0) is 37.0 Å². The van der Waals surface area contributed by atoms with Crippen molar-refractivity contribution in [3.05, 3.63) is 0 Å². The highest BCUT2D eigenvalue weighted by molar-refractivity contribution is 4.97. The maximum Gasteiger partial charge on any atom is -0.0320 e. The molecule has 0 nitrogen and oxygen atoms in total. The van der Waals surface area contributed by atoms with Crippen LogP contribution in [0.2, 0.25) is 0 Å². The van der Waals surface area contributed by atoms with Crippen molar-refractivity contribution in [2.45, 2.75) is 32.6 Å². The molecule has 3 fully saturated rings. The van der Waals surface area contributed by atoms with E-state index in [0.29, 0.717) is 0 Å². The summed E-state index contributed by atoms with van der Waals surface area (Å²) in [6, 6.07) is 0. The van der Waals surface area contributed by atoms with Crippen LogP contribution in [0.3, 0.4) is 0 Å². The Morgan fingerprint density at radius 2 is 2.14 bits per heavy atom. The molecule has 3 saturated carbocycles. The molecule has 0 aromatic carbocycles. The monoisotopic (exact) mass is 96.1 g/mol. The van der Waals surface area contributed by atoms with Gasteiger partial charge in [0.15, 0.2) is 0 Å². The topological polar surface area (TPSA) is 0 Å². The Hall–Kier alpha value is 0. The molecule has 40 valence electrons. The fraction of sp³-hybridized carbons (Fsp3) is 1.00. The summed E-state index contributed by atoms with van der Waals surface area (Å²) in [7, 11) is 0. The lowest BCUT2D eigenvalue weighted by atomic mass is 9.71. The first-order valence-electron chi connectivity index (χ1n) is 3.29. The van der Waals surface area contributed by atoms with E-state index in [1.807, 2.05) is 0 Å². The van der Waals surface area contributed by atoms with Gasteiger partial charge in [-0.3, -0.25) is 0 Å². The van der Waals surface area contributed by atoms with Crippen molar-refractivity contribution in [3.8, 4) is 0 Å². The fourth-order valence-electron chi connectivity index (χ4n) is 2.29. The third kappa shape index (κ3) is 0.375. The highest BCUT2D eigenvalue weighted by Crippen LogP contribution is 2.58. The predicted molar refractivity (Wildman–Crippen MR) is 30.1 cm³/mol. The van der Waals surface area contributed by atoms with Gasteiger partial charge in [0.05, 0.1) is 0 Å². The van der Waals surface area contributed by atoms with Gasteiger partial charge in [0, 0.05) is 0 Å². The van der Waals surface area contributed by atoms with Gasteiger partial charge < -0.3 is 0 Å². The van der Waals surface area contributed by atoms with E-state index in [-0.39, 0.29) is 0 Å². The summed E-state index contributed by atoms with van der Waals surface area (Å²) in [5.41, 5.74) is 0.838. The van der Waals surface area contributed by atoms with Crippen LogP contribution >= 0.6 is 0 Å². The number of fused-ring (bicyclic) bond motifs is 1. The Morgan fingerprint density at radius 3 is 2.29 bits per heavy atom. The Kier molecular flexibility index (Phi) is 0.499. The molecule has 3 aliphatic carbocycles. The summed E-state index contributed by atoms with van der Waals surface area (Å²) < 4.78 is 0. The molecule has 0 heterocycles. The zero-order valence-electron chi connectivity index (χ0n) is 4.91. The number of rotatable bonds is 0. The van der Waals surface area contributed by atoms with E-state index in [2.05, 4.69) is 6.92 Å². The van der Waals surface area contributed by atoms with E-state index in [1.54, 1.807) is 12.8 Å². The summed E-state index contributed by atoms with van der Waals surface area (Å²) in [4.78, 5) is 0. The smallest absolute Gasteiger partial charge is 0.0320 e. The van der Waals surface area contributed by atoms with E-state index in [9.17, 15) is 0 Å². The summed E-state index contributed by atoms with van der Waals surface area (Å²) in [6.45, 7) is 2.43. The van der Waals surface area contributed by atoms with Crippen LogP contribution in [0, 0.1) is 11.3 Å². The van der Waals surface area contributed by atoms with E-state index in [0.717, 1.165) is 11.3 Å². The van der Waals surface area contributed by atoms with E-state index in [1.165, 1.54) is 12.8 Å². The Balaban J connectivity index is 2.20. The number of hydrogen-bond donors (Lipinski definition) is 0. The SMILES string of the molecule is CC12CCC(C1)C2. The quantitative estimate of drug-likeness (QED) is 0.433. The van der Waals surface area contributed by atoms with Gasteiger partial charge >= 0.3 is 0 Å². The second-order valence-electron chi connectivity index (χ2n) is 3.62. The Morgan fingerprint density at radius 1 is 1.43 bits per heavy atom. The average molecular weight is 96.2 g/mol. The van der Waals surface area contributed by atoms with E-state index >= 15 is 0 Å². The van der Waals surface area contributed by atoms with Crippen molar-refractivity contribution in [1.82, 2.24) is 0 Å². The molecule has 0 unspecified atom stereocenters. The van der Waals surface area contributed by atoms with Gasteiger partial charge in [-0.1, -0.05) is 6.92 Å². The summed E-state index contributed by atoms with van der Waals surface area (Å²) in [5.74, 6) is 1.16. The highest BCUT2D eigenvalue weighted by atomic mass is 14.5. The lowest BCUT2D eigenvalue weighted by Crippen LogP contribution is -2.23. The van der Waals surface area contributed by atoms with Crippen LogP contribution in [0.1, 0.15) is 32.6 Å². The minimum atomic E-state index is 0.838. The van der Waals surface area contributed by atoms with Crippen molar-refractivity contribution >= 4 is 0 Å². The molecule has 0 saturated heterocycles. The molecule has 0 N–H and O–H groups in total. The summed E-state index contributed by atoms with van der Waals surface area (Å²) in [6.07, 6.45) is 6.16. The van der Waals surface area contributed by atoms with Gasteiger partial charge in [-0.2, -0.15) is 0 Å². The van der Waals surface area contributed by atoms with Gasteiger partial charge in [0.25, 0.3) is 0 Å². The zero-order valence-corrected chi connectivity index (χ0v) is 4.91. The van der Waals surface area contributed by atoms with Crippen LogP contribution < -0.4 is 0 Å². The number of hydrogen-bond acceptors (Lipinski definition) is 0. The van der Waals surface area contributed by atoms with Crippen LogP contribution in [0.5, 0.6) is 0 Å². The molecular formula is C7H12. The molecule has 0 amide bonds. The molecule has 0 aromatic heterocycles. The molecule has 0 atom stereocenters. The molecule has 0 aliphatic heterocycles. The molecule has 3 rings (SSSR count). The molecule has 0 heteroatoms. The summed E-state index contributed by atoms with van der Waals surface area (Å²) >= 11 is 0. The van der Waals surface area contributed by atoms with Crippen LogP contribution in [0.25, 0.3) is 0 Å². The van der Waals surface area contributed by atoms with Crippen molar-refractivity contribution in [2.24, 2.45) is 11.3 Å². The van der Waals surface area contributed by atoms with Crippen LogP contribution in [0.4, 0.5) is 0 Å². The van der Waals surface area contributed by atoms with Crippen molar-refractivity contribution < 1.29 is 0 Å². The zero-order chi connectivity index (χ0) is 4.91.